The minimum absolute atomic E-state index is 0.00302. The number of hydrogen-bond donors (Lipinski definition) is 3. The maximum atomic E-state index is 11.8. The smallest absolute Gasteiger partial charge is 0.295 e. The Hall–Kier alpha value is -2.27. The highest BCUT2D eigenvalue weighted by atomic mass is 32.2. The third-order valence-electron chi connectivity index (χ3n) is 3.28. The molecule has 0 saturated heterocycles. The van der Waals surface area contributed by atoms with Gasteiger partial charge in [-0.25, -0.2) is 0 Å². The first kappa shape index (κ1) is 18.1. The Labute approximate surface area is 138 Å². The molecule has 127 valence electrons. The molecule has 0 amide bonds. The molecule has 1 radical (unpaired) electrons. The highest BCUT2D eigenvalue weighted by molar-refractivity contribution is 7.86. The van der Waals surface area contributed by atoms with E-state index in [2.05, 4.69) is 12.6 Å². The lowest BCUT2D eigenvalue weighted by atomic mass is 9.95. The van der Waals surface area contributed by atoms with Crippen molar-refractivity contribution in [1.82, 2.24) is 0 Å². The third kappa shape index (κ3) is 3.04. The summed E-state index contributed by atoms with van der Waals surface area (Å²) in [5, 5.41) is -0.311. The van der Waals surface area contributed by atoms with E-state index in [0.29, 0.717) is 6.07 Å². The third-order valence-corrected chi connectivity index (χ3v) is 4.99. The van der Waals surface area contributed by atoms with Gasteiger partial charge in [-0.2, -0.15) is 16.8 Å². The summed E-state index contributed by atoms with van der Waals surface area (Å²) in [4.78, 5) is 10.2. The summed E-state index contributed by atoms with van der Waals surface area (Å²) in [7, 11) is -9.66. The van der Waals surface area contributed by atoms with Crippen molar-refractivity contribution in [1.29, 1.82) is 0 Å². The summed E-state index contributed by atoms with van der Waals surface area (Å²) >= 11 is 0. The van der Waals surface area contributed by atoms with Gasteiger partial charge in [-0.05, 0) is 30.0 Å². The van der Waals surface area contributed by atoms with E-state index in [1.165, 1.54) is 6.92 Å². The lowest BCUT2D eigenvalue weighted by Crippen LogP contribution is -2.09. The summed E-state index contributed by atoms with van der Waals surface area (Å²) in [5.74, 6) is -0.499. The average molecular weight is 370 g/mol. The molecule has 0 saturated carbocycles. The number of anilines is 1. The molecule has 2 aromatic rings. The van der Waals surface area contributed by atoms with Crippen molar-refractivity contribution in [2.24, 2.45) is 0 Å². The maximum absolute atomic E-state index is 11.8. The molecule has 0 aliphatic carbocycles. The van der Waals surface area contributed by atoms with E-state index < -0.39 is 35.8 Å². The topological polar surface area (TPSA) is 152 Å². The van der Waals surface area contributed by atoms with Crippen molar-refractivity contribution >= 4 is 48.6 Å². The first-order chi connectivity index (χ1) is 10.9. The number of nitrogens with two attached hydrogens (primary N) is 1. The molecule has 0 fully saturated rings. The van der Waals surface area contributed by atoms with Crippen molar-refractivity contribution in [3.63, 3.8) is 0 Å². The summed E-state index contributed by atoms with van der Waals surface area (Å²) in [6, 6.07) is 4.00. The predicted molar refractivity (Wildman–Crippen MR) is 86.9 cm³/mol. The normalized spacial score (nSPS) is 12.3. The summed E-state index contributed by atoms with van der Waals surface area (Å²) in [6.07, 6.45) is 1.16. The van der Waals surface area contributed by atoms with Gasteiger partial charge in [-0.15, -0.1) is 0 Å². The number of benzene rings is 2. The first-order valence-electron chi connectivity index (χ1n) is 6.28. The summed E-state index contributed by atoms with van der Waals surface area (Å²) in [5.41, 5.74) is 5.52. The molecule has 24 heavy (non-hydrogen) atoms. The van der Waals surface area contributed by atoms with Gasteiger partial charge in [0.1, 0.15) is 4.90 Å². The molecule has 0 aliphatic heterocycles. The molecule has 2 rings (SSSR count). The highest BCUT2D eigenvalue weighted by Crippen LogP contribution is 2.35. The van der Waals surface area contributed by atoms with Crippen molar-refractivity contribution in [2.75, 3.05) is 5.73 Å². The standard InChI is InChI=1S/C14H12NO7S2/c1-3-10-13(7(2)16)11(15)5-8-4-9(23(17,18)19)6-12(14(8)10)24(20,21)22/h3-4,6H,1,15H2,2H3,(H,17,18,19)(H,20,21,22). The molecular weight excluding hydrogens is 358 g/mol. The number of carbonyl (C=O) groups is 1. The minimum Gasteiger partial charge on any atom is -0.398 e. The molecule has 2 aromatic carbocycles. The van der Waals surface area contributed by atoms with Gasteiger partial charge in [0.25, 0.3) is 20.2 Å². The Balaban J connectivity index is 3.23. The fourth-order valence-electron chi connectivity index (χ4n) is 2.38. The van der Waals surface area contributed by atoms with Crippen molar-refractivity contribution < 1.29 is 30.7 Å². The van der Waals surface area contributed by atoms with E-state index >= 15 is 0 Å². The number of fused-ring (bicyclic) bond motifs is 1. The van der Waals surface area contributed by atoms with Crippen molar-refractivity contribution in [3.05, 3.63) is 35.9 Å². The number of rotatable bonds is 4. The Kier molecular flexibility index (Phi) is 4.27. The van der Waals surface area contributed by atoms with Crippen LogP contribution in [0.4, 0.5) is 5.69 Å². The monoisotopic (exact) mass is 370 g/mol. The van der Waals surface area contributed by atoms with Crippen LogP contribution in [0.25, 0.3) is 16.8 Å². The number of nitrogen functional groups attached to an aromatic ring is 1. The lowest BCUT2D eigenvalue weighted by Gasteiger charge is -2.14. The van der Waals surface area contributed by atoms with Crippen LogP contribution < -0.4 is 5.73 Å². The zero-order valence-electron chi connectivity index (χ0n) is 12.3. The zero-order valence-corrected chi connectivity index (χ0v) is 13.9. The molecule has 0 heterocycles. The van der Waals surface area contributed by atoms with Crippen LogP contribution in [-0.2, 0) is 20.2 Å². The Morgan fingerprint density at radius 1 is 1.21 bits per heavy atom. The van der Waals surface area contributed by atoms with E-state index in [9.17, 15) is 26.2 Å². The van der Waals surface area contributed by atoms with E-state index in [0.717, 1.165) is 12.1 Å². The van der Waals surface area contributed by atoms with Crippen LogP contribution >= 0.6 is 0 Å². The van der Waals surface area contributed by atoms with E-state index in [1.807, 2.05) is 0 Å². The average Bonchev–Trinajstić information content (AvgIpc) is 2.41. The van der Waals surface area contributed by atoms with Crippen LogP contribution in [0, 0.1) is 6.07 Å². The number of ketones is 1. The van der Waals surface area contributed by atoms with Crippen molar-refractivity contribution in [2.45, 2.75) is 16.7 Å². The molecule has 0 aliphatic rings. The Morgan fingerprint density at radius 2 is 1.79 bits per heavy atom. The molecule has 0 spiro atoms. The van der Waals surface area contributed by atoms with E-state index in [1.54, 1.807) is 0 Å². The van der Waals surface area contributed by atoms with Gasteiger partial charge in [0.2, 0.25) is 0 Å². The maximum Gasteiger partial charge on any atom is 0.295 e. The largest absolute Gasteiger partial charge is 0.398 e. The second-order valence-corrected chi connectivity index (χ2v) is 7.69. The second kappa shape index (κ2) is 5.67. The number of carbonyl (C=O) groups excluding carboxylic acids is 1. The molecule has 8 nitrogen and oxygen atoms in total. The fraction of sp³-hybridized carbons (Fsp3) is 0.0714. The van der Waals surface area contributed by atoms with Gasteiger partial charge >= 0.3 is 0 Å². The van der Waals surface area contributed by atoms with Crippen LogP contribution in [-0.4, -0.2) is 31.7 Å². The molecule has 0 aromatic heterocycles. The van der Waals surface area contributed by atoms with Crippen LogP contribution in [0.2, 0.25) is 0 Å². The van der Waals surface area contributed by atoms with Gasteiger partial charge in [-0.3, -0.25) is 13.9 Å². The second-order valence-electron chi connectivity index (χ2n) is 4.88. The summed E-state index contributed by atoms with van der Waals surface area (Å²) < 4.78 is 64.6. The SMILES string of the molecule is C=Cc1c(C(C)=O)c(N)[c]c2cc(S(=O)(=O)O)cc(S(=O)(=O)O)c12. The number of Topliss-reactive ketones (excluding diaryl/α,β-unsaturated/α-hetero) is 1. The van der Waals surface area contributed by atoms with Crippen LogP contribution in [0.15, 0.2) is 28.5 Å². The molecule has 0 bridgehead atoms. The van der Waals surface area contributed by atoms with E-state index in [-0.39, 0.29) is 27.6 Å². The molecule has 0 unspecified atom stereocenters. The Morgan fingerprint density at radius 3 is 2.21 bits per heavy atom. The van der Waals surface area contributed by atoms with Crippen LogP contribution in [0.3, 0.4) is 0 Å². The van der Waals surface area contributed by atoms with Gasteiger partial charge in [0.05, 0.1) is 10.6 Å². The Bertz CT molecular complexity index is 1100. The van der Waals surface area contributed by atoms with Crippen LogP contribution in [0.5, 0.6) is 0 Å². The molecule has 4 N–H and O–H groups in total. The molecule has 0 atom stereocenters. The predicted octanol–water partition coefficient (Wildman–Crippen LogP) is 1.56. The summed E-state index contributed by atoms with van der Waals surface area (Å²) in [6.45, 7) is 4.69. The minimum atomic E-state index is -4.90. The molecular formula is C14H12NO7S2. The zero-order chi connectivity index (χ0) is 18.4. The molecule has 10 heteroatoms. The lowest BCUT2D eigenvalue weighted by molar-refractivity contribution is 0.101. The van der Waals surface area contributed by atoms with Gasteiger partial charge in [0.15, 0.2) is 5.78 Å². The highest BCUT2D eigenvalue weighted by Gasteiger charge is 2.25. The quantitative estimate of drug-likeness (QED) is 0.416. The van der Waals surface area contributed by atoms with Crippen molar-refractivity contribution in [3.8, 4) is 0 Å². The van der Waals surface area contributed by atoms with E-state index in [4.69, 9.17) is 10.3 Å². The van der Waals surface area contributed by atoms with Crippen LogP contribution in [0.1, 0.15) is 22.8 Å². The first-order valence-corrected chi connectivity index (χ1v) is 9.16. The van der Waals surface area contributed by atoms with Gasteiger partial charge in [-0.1, -0.05) is 12.7 Å². The number of hydrogen-bond acceptors (Lipinski definition) is 6. The fourth-order valence-corrected chi connectivity index (χ4v) is 3.74. The van der Waals surface area contributed by atoms with Gasteiger partial charge in [0, 0.05) is 17.0 Å². The van der Waals surface area contributed by atoms with Gasteiger partial charge < -0.3 is 5.73 Å².